The van der Waals surface area contributed by atoms with Gasteiger partial charge in [0.15, 0.2) is 5.58 Å². The fraction of sp³-hybridized carbons (Fsp3) is 0.333. The molecule has 49 heavy (non-hydrogen) atoms. The van der Waals surface area contributed by atoms with Crippen LogP contribution in [0.4, 0.5) is 13.2 Å². The van der Waals surface area contributed by atoms with Gasteiger partial charge >= 0.3 is 12.6 Å². The molecule has 0 spiro atoms. The monoisotopic (exact) mass is 669 g/mol. The number of ether oxygens (including phenoxy) is 1. The van der Waals surface area contributed by atoms with Crippen molar-refractivity contribution >= 4 is 17.1 Å². The van der Waals surface area contributed by atoms with E-state index in [1.54, 1.807) is 17.0 Å². The van der Waals surface area contributed by atoms with Gasteiger partial charge in [0.05, 0.1) is 0 Å². The lowest BCUT2D eigenvalue weighted by atomic mass is 9.89. The van der Waals surface area contributed by atoms with Gasteiger partial charge in [0.2, 0.25) is 5.89 Å². The molecule has 7 nitrogen and oxygen atoms in total. The van der Waals surface area contributed by atoms with Crippen molar-refractivity contribution < 1.29 is 32.2 Å². The van der Waals surface area contributed by atoms with Gasteiger partial charge in [-0.05, 0) is 111 Å². The predicted molar refractivity (Wildman–Crippen MR) is 182 cm³/mol. The van der Waals surface area contributed by atoms with Crippen LogP contribution in [0, 0.1) is 19.7 Å². The summed E-state index contributed by atoms with van der Waals surface area (Å²) in [4.78, 5) is 20.5. The van der Waals surface area contributed by atoms with Crippen LogP contribution in [-0.4, -0.2) is 58.1 Å². The van der Waals surface area contributed by atoms with E-state index in [0.29, 0.717) is 48.5 Å². The predicted octanol–water partition coefficient (Wildman–Crippen LogP) is 8.83. The van der Waals surface area contributed by atoms with Crippen LogP contribution < -0.4 is 4.74 Å². The number of carbonyl (C=O) groups is 1. The van der Waals surface area contributed by atoms with E-state index in [9.17, 15) is 18.7 Å². The number of aliphatic carboxylic acids is 1. The van der Waals surface area contributed by atoms with E-state index < -0.39 is 18.6 Å². The Morgan fingerprint density at radius 3 is 2.29 bits per heavy atom. The van der Waals surface area contributed by atoms with Crippen LogP contribution in [0.25, 0.3) is 44.8 Å². The molecule has 1 aromatic heterocycles. The number of alkyl halides is 2. The third-order valence-electron chi connectivity index (χ3n) is 9.95. The Bertz CT molecular complexity index is 2020. The summed E-state index contributed by atoms with van der Waals surface area (Å²) in [7, 11) is 0. The topological polar surface area (TPSA) is 79.0 Å². The van der Waals surface area contributed by atoms with Gasteiger partial charge in [-0.25, -0.2) is 9.37 Å². The number of fused-ring (bicyclic) bond motifs is 1. The van der Waals surface area contributed by atoms with E-state index in [-0.39, 0.29) is 23.7 Å². The van der Waals surface area contributed by atoms with Crippen LogP contribution in [0.3, 0.4) is 0 Å². The van der Waals surface area contributed by atoms with Crippen molar-refractivity contribution in [1.82, 2.24) is 14.8 Å². The van der Waals surface area contributed by atoms with Gasteiger partial charge in [0.1, 0.15) is 23.1 Å². The summed E-state index contributed by atoms with van der Waals surface area (Å²) >= 11 is 0. The molecule has 5 aromatic rings. The molecule has 0 radical (unpaired) electrons. The Hall–Kier alpha value is -4.67. The molecule has 1 atom stereocenters. The molecule has 0 saturated carbocycles. The summed E-state index contributed by atoms with van der Waals surface area (Å²) in [6.07, 6.45) is 3.52. The molecule has 254 valence electrons. The van der Waals surface area contributed by atoms with E-state index in [1.807, 2.05) is 62.4 Å². The van der Waals surface area contributed by atoms with Crippen LogP contribution in [-0.2, 0) is 17.9 Å². The van der Waals surface area contributed by atoms with E-state index >= 15 is 4.39 Å². The first-order valence-corrected chi connectivity index (χ1v) is 16.7. The van der Waals surface area contributed by atoms with Gasteiger partial charge < -0.3 is 14.3 Å². The number of aromatic nitrogens is 1. The van der Waals surface area contributed by atoms with Crippen molar-refractivity contribution in [3.05, 3.63) is 94.8 Å². The number of carboxylic acids is 1. The number of nitrogens with zero attached hydrogens (tertiary/aromatic N) is 3. The Morgan fingerprint density at radius 2 is 1.59 bits per heavy atom. The number of benzene rings is 4. The minimum absolute atomic E-state index is 0.0698. The third-order valence-corrected chi connectivity index (χ3v) is 9.95. The highest BCUT2D eigenvalue weighted by Gasteiger charge is 2.31. The Labute approximate surface area is 282 Å². The van der Waals surface area contributed by atoms with Gasteiger partial charge in [0.25, 0.3) is 0 Å². The van der Waals surface area contributed by atoms with Crippen molar-refractivity contribution in [1.29, 1.82) is 0 Å². The summed E-state index contributed by atoms with van der Waals surface area (Å²) < 4.78 is 53.1. The quantitative estimate of drug-likeness (QED) is 0.159. The Kier molecular flexibility index (Phi) is 9.17. The average Bonchev–Trinajstić information content (AvgIpc) is 3.84. The summed E-state index contributed by atoms with van der Waals surface area (Å²) in [6.45, 7) is 4.27. The molecule has 10 heteroatoms. The lowest BCUT2D eigenvalue weighted by molar-refractivity contribution is -0.142. The lowest BCUT2D eigenvalue weighted by Crippen LogP contribution is -2.35. The van der Waals surface area contributed by atoms with Gasteiger partial charge in [-0.1, -0.05) is 42.5 Å². The second-order valence-electron chi connectivity index (χ2n) is 13.0. The Balaban J connectivity index is 1.21. The van der Waals surface area contributed by atoms with Gasteiger partial charge in [-0.2, -0.15) is 8.78 Å². The highest BCUT2D eigenvalue weighted by atomic mass is 19.3. The first-order valence-electron chi connectivity index (χ1n) is 16.7. The second-order valence-corrected chi connectivity index (χ2v) is 13.0. The molecule has 0 aliphatic carbocycles. The SMILES string of the molecule is Cc1c(-c2ccc(CN3CCCC3)c(F)c2)cccc1-c1cccc(-c2nc3cc(CN4CCC[C@H]4C(=O)O)c(OC(F)F)cc3o2)c1C. The third kappa shape index (κ3) is 6.67. The molecule has 2 fully saturated rings. The van der Waals surface area contributed by atoms with Crippen LogP contribution in [0.1, 0.15) is 47.9 Å². The largest absolute Gasteiger partial charge is 0.480 e. The van der Waals surface area contributed by atoms with Crippen LogP contribution in [0.2, 0.25) is 0 Å². The molecule has 0 unspecified atom stereocenters. The maximum Gasteiger partial charge on any atom is 0.387 e. The highest BCUT2D eigenvalue weighted by molar-refractivity contribution is 5.85. The summed E-state index contributed by atoms with van der Waals surface area (Å²) in [6, 6.07) is 19.7. The minimum atomic E-state index is -3.06. The van der Waals surface area contributed by atoms with Gasteiger partial charge in [-0.3, -0.25) is 14.6 Å². The van der Waals surface area contributed by atoms with Crippen LogP contribution >= 0.6 is 0 Å². The number of halogens is 3. The smallest absolute Gasteiger partial charge is 0.387 e. The van der Waals surface area contributed by atoms with Crippen molar-refractivity contribution in [3.63, 3.8) is 0 Å². The first kappa shape index (κ1) is 32.9. The van der Waals surface area contributed by atoms with E-state index in [0.717, 1.165) is 64.9 Å². The number of oxazole rings is 1. The number of carboxylic acid groups (broad SMARTS) is 1. The van der Waals surface area contributed by atoms with Gasteiger partial charge in [0, 0.05) is 35.8 Å². The molecule has 4 aromatic carbocycles. The zero-order valence-electron chi connectivity index (χ0n) is 27.5. The fourth-order valence-corrected chi connectivity index (χ4v) is 7.38. The standard InChI is InChI=1S/C39H38F3N3O4/c1-23-28(25-13-14-26(32(40)18-25)21-44-15-3-4-16-44)8-5-9-29(23)30-10-6-11-31(24(30)2)37-43-33-19-27(22-45-17-7-12-34(45)38(46)47)35(49-39(41)42)20-36(33)48-37/h5-6,8-11,13-14,18-20,34,39H,3-4,7,12,15-17,21-22H2,1-2H3,(H,46,47)/t34-/m0/s1. The molecule has 3 heterocycles. The number of hydrogen-bond donors (Lipinski definition) is 1. The summed E-state index contributed by atoms with van der Waals surface area (Å²) in [5.74, 6) is -0.883. The molecule has 2 aliphatic rings. The number of hydrogen-bond acceptors (Lipinski definition) is 6. The van der Waals surface area contributed by atoms with Crippen molar-refractivity contribution in [2.75, 3.05) is 19.6 Å². The first-order chi connectivity index (χ1) is 23.7. The molecule has 0 amide bonds. The fourth-order valence-electron chi connectivity index (χ4n) is 7.38. The zero-order chi connectivity index (χ0) is 34.2. The van der Waals surface area contributed by atoms with Crippen molar-refractivity contribution in [2.24, 2.45) is 0 Å². The van der Waals surface area contributed by atoms with Gasteiger partial charge in [-0.15, -0.1) is 0 Å². The number of rotatable bonds is 10. The maximum atomic E-state index is 15.3. The molecule has 0 bridgehead atoms. The minimum Gasteiger partial charge on any atom is -0.480 e. The van der Waals surface area contributed by atoms with E-state index in [1.165, 1.54) is 6.07 Å². The Morgan fingerprint density at radius 1 is 0.898 bits per heavy atom. The molecular formula is C39H38F3N3O4. The second kappa shape index (κ2) is 13.7. The van der Waals surface area contributed by atoms with Crippen LogP contribution in [0.5, 0.6) is 5.75 Å². The number of likely N-dealkylation sites (tertiary alicyclic amines) is 2. The lowest BCUT2D eigenvalue weighted by Gasteiger charge is -2.22. The van der Waals surface area contributed by atoms with E-state index in [4.69, 9.17) is 14.1 Å². The average molecular weight is 670 g/mol. The molecule has 1 N–H and O–H groups in total. The maximum absolute atomic E-state index is 15.3. The van der Waals surface area contributed by atoms with E-state index in [2.05, 4.69) is 4.90 Å². The van der Waals surface area contributed by atoms with Crippen molar-refractivity contribution in [3.8, 4) is 39.5 Å². The molecule has 7 rings (SSSR count). The normalized spacial score (nSPS) is 17.1. The summed E-state index contributed by atoms with van der Waals surface area (Å²) in [5.41, 5.74) is 8.22. The highest BCUT2D eigenvalue weighted by Crippen LogP contribution is 2.39. The zero-order valence-corrected chi connectivity index (χ0v) is 27.5. The molecule has 2 saturated heterocycles. The van der Waals surface area contributed by atoms with Crippen molar-refractivity contribution in [2.45, 2.75) is 65.3 Å². The van der Waals surface area contributed by atoms with Crippen LogP contribution in [0.15, 0.2) is 71.1 Å². The summed E-state index contributed by atoms with van der Waals surface area (Å²) in [5, 5.41) is 9.63. The molecular weight excluding hydrogens is 631 g/mol. The molecule has 2 aliphatic heterocycles.